The first-order valence-electron chi connectivity index (χ1n) is 9.70. The number of hydrogen-bond acceptors (Lipinski definition) is 8. The molecule has 1 saturated heterocycles. The van der Waals surface area contributed by atoms with E-state index in [4.69, 9.17) is 16.0 Å². The lowest BCUT2D eigenvalue weighted by molar-refractivity contribution is 0.510. The number of rotatable bonds is 6. The second-order valence-electron chi connectivity index (χ2n) is 6.95. The highest BCUT2D eigenvalue weighted by Crippen LogP contribution is 2.39. The average molecular weight is 459 g/mol. The summed E-state index contributed by atoms with van der Waals surface area (Å²) in [5.41, 5.74) is 0.866. The standard InChI is InChI=1S/C20H19ClN6OS2/c1-13(17-22-23-18(28-17)16-9-6-12-29-16)30-20-25-24-19(26-10-4-5-11-26)27(20)15-8-3-2-7-14(15)21/h2-3,6-9,12-13H,4-5,10-11H2,1H3/t13-/m0/s1. The van der Waals surface area contributed by atoms with Crippen molar-refractivity contribution < 1.29 is 4.42 Å². The van der Waals surface area contributed by atoms with Crippen molar-refractivity contribution in [2.24, 2.45) is 0 Å². The number of hydrogen-bond donors (Lipinski definition) is 0. The molecule has 4 heterocycles. The van der Waals surface area contributed by atoms with Gasteiger partial charge in [0.15, 0.2) is 5.16 Å². The summed E-state index contributed by atoms with van der Waals surface area (Å²) >= 11 is 9.64. The van der Waals surface area contributed by atoms with E-state index in [9.17, 15) is 0 Å². The topological polar surface area (TPSA) is 72.9 Å². The van der Waals surface area contributed by atoms with Crippen LogP contribution in [0.15, 0.2) is 51.4 Å². The molecule has 0 unspecified atom stereocenters. The maximum Gasteiger partial charge on any atom is 0.257 e. The maximum absolute atomic E-state index is 6.54. The summed E-state index contributed by atoms with van der Waals surface area (Å²) < 4.78 is 7.94. The Bertz CT molecular complexity index is 1140. The predicted octanol–water partition coefficient (Wildman–Crippen LogP) is 5.49. The third-order valence-corrected chi connectivity index (χ3v) is 7.11. The van der Waals surface area contributed by atoms with Gasteiger partial charge in [0.25, 0.3) is 5.89 Å². The Kier molecular flexibility index (Phi) is 5.49. The summed E-state index contributed by atoms with van der Waals surface area (Å²) in [4.78, 5) is 3.22. The maximum atomic E-state index is 6.54. The molecule has 0 aliphatic carbocycles. The van der Waals surface area contributed by atoms with Crippen LogP contribution in [0.1, 0.15) is 30.9 Å². The van der Waals surface area contributed by atoms with Gasteiger partial charge in [0.05, 0.1) is 20.8 Å². The molecule has 1 aromatic carbocycles. The van der Waals surface area contributed by atoms with Crippen LogP contribution in [0.3, 0.4) is 0 Å². The molecule has 4 aromatic rings. The Morgan fingerprint density at radius 3 is 2.67 bits per heavy atom. The molecule has 0 bridgehead atoms. The number of para-hydroxylation sites is 1. The molecule has 0 amide bonds. The molecule has 3 aromatic heterocycles. The summed E-state index contributed by atoms with van der Waals surface area (Å²) in [6, 6.07) is 11.7. The van der Waals surface area contributed by atoms with E-state index in [1.54, 1.807) is 11.3 Å². The second kappa shape index (κ2) is 8.41. The van der Waals surface area contributed by atoms with Crippen molar-refractivity contribution in [1.29, 1.82) is 0 Å². The van der Waals surface area contributed by atoms with E-state index in [2.05, 4.69) is 25.3 Å². The number of anilines is 1. The van der Waals surface area contributed by atoms with E-state index in [1.165, 1.54) is 11.8 Å². The lowest BCUT2D eigenvalue weighted by Gasteiger charge is -2.19. The van der Waals surface area contributed by atoms with E-state index < -0.39 is 0 Å². The first-order valence-corrected chi connectivity index (χ1v) is 11.8. The first-order chi connectivity index (χ1) is 14.7. The Labute approximate surface area is 187 Å². The fourth-order valence-electron chi connectivity index (χ4n) is 3.41. The van der Waals surface area contributed by atoms with E-state index in [0.717, 1.165) is 47.6 Å². The first kappa shape index (κ1) is 19.6. The van der Waals surface area contributed by atoms with Gasteiger partial charge in [0, 0.05) is 13.1 Å². The molecule has 7 nitrogen and oxygen atoms in total. The van der Waals surface area contributed by atoms with Gasteiger partial charge < -0.3 is 9.32 Å². The van der Waals surface area contributed by atoms with Crippen molar-refractivity contribution in [3.8, 4) is 16.5 Å². The number of thioether (sulfide) groups is 1. The van der Waals surface area contributed by atoms with Gasteiger partial charge >= 0.3 is 0 Å². The molecular formula is C20H19ClN6OS2. The normalized spacial score (nSPS) is 15.1. The number of benzene rings is 1. The van der Waals surface area contributed by atoms with E-state index in [0.29, 0.717) is 16.8 Å². The average Bonchev–Trinajstić information content (AvgIpc) is 3.55. The van der Waals surface area contributed by atoms with Crippen molar-refractivity contribution in [3.63, 3.8) is 0 Å². The Hall–Kier alpha value is -2.36. The van der Waals surface area contributed by atoms with Gasteiger partial charge in [-0.3, -0.25) is 4.57 Å². The Morgan fingerprint density at radius 1 is 1.07 bits per heavy atom. The van der Waals surface area contributed by atoms with Crippen LogP contribution in [0.25, 0.3) is 16.5 Å². The van der Waals surface area contributed by atoms with Crippen LogP contribution in [0.4, 0.5) is 5.95 Å². The van der Waals surface area contributed by atoms with Gasteiger partial charge in [-0.1, -0.05) is 41.6 Å². The smallest absolute Gasteiger partial charge is 0.257 e. The summed E-state index contributed by atoms with van der Waals surface area (Å²) in [6.45, 7) is 3.96. The molecule has 1 aliphatic heterocycles. The summed E-state index contributed by atoms with van der Waals surface area (Å²) in [7, 11) is 0. The highest BCUT2D eigenvalue weighted by molar-refractivity contribution is 7.99. The van der Waals surface area contributed by atoms with Crippen LogP contribution >= 0.6 is 34.7 Å². The van der Waals surface area contributed by atoms with Gasteiger partial charge in [0.1, 0.15) is 0 Å². The van der Waals surface area contributed by atoms with E-state index in [1.807, 2.05) is 53.3 Å². The zero-order valence-electron chi connectivity index (χ0n) is 16.2. The van der Waals surface area contributed by atoms with Crippen LogP contribution < -0.4 is 4.90 Å². The van der Waals surface area contributed by atoms with Gasteiger partial charge in [-0.15, -0.1) is 31.7 Å². The quantitative estimate of drug-likeness (QED) is 0.354. The molecule has 1 fully saturated rings. The van der Waals surface area contributed by atoms with Gasteiger partial charge in [0.2, 0.25) is 11.8 Å². The minimum atomic E-state index is -0.0944. The summed E-state index contributed by atoms with van der Waals surface area (Å²) in [6.07, 6.45) is 2.31. The highest BCUT2D eigenvalue weighted by Gasteiger charge is 2.26. The molecular weight excluding hydrogens is 440 g/mol. The van der Waals surface area contributed by atoms with Crippen molar-refractivity contribution >= 4 is 40.6 Å². The summed E-state index contributed by atoms with van der Waals surface area (Å²) in [5.74, 6) is 1.91. The monoisotopic (exact) mass is 458 g/mol. The van der Waals surface area contributed by atoms with Crippen LogP contribution in [0.5, 0.6) is 0 Å². The third-order valence-electron chi connectivity index (χ3n) is 4.90. The van der Waals surface area contributed by atoms with Gasteiger partial charge in [-0.25, -0.2) is 0 Å². The lowest BCUT2D eigenvalue weighted by Crippen LogP contribution is -2.22. The van der Waals surface area contributed by atoms with Crippen molar-refractivity contribution in [2.75, 3.05) is 18.0 Å². The minimum absolute atomic E-state index is 0.0944. The predicted molar refractivity (Wildman–Crippen MR) is 120 cm³/mol. The molecule has 30 heavy (non-hydrogen) atoms. The molecule has 0 spiro atoms. The Balaban J connectivity index is 1.47. The molecule has 0 saturated carbocycles. The number of nitrogens with zero attached hydrogens (tertiary/aromatic N) is 6. The van der Waals surface area contributed by atoms with Crippen LogP contribution in [-0.2, 0) is 0 Å². The zero-order chi connectivity index (χ0) is 20.5. The highest BCUT2D eigenvalue weighted by atomic mass is 35.5. The molecule has 0 radical (unpaired) electrons. The van der Waals surface area contributed by atoms with E-state index in [-0.39, 0.29) is 5.25 Å². The van der Waals surface area contributed by atoms with Gasteiger partial charge in [-0.05, 0) is 43.3 Å². The number of aromatic nitrogens is 5. The molecule has 154 valence electrons. The third kappa shape index (κ3) is 3.73. The zero-order valence-corrected chi connectivity index (χ0v) is 18.6. The summed E-state index contributed by atoms with van der Waals surface area (Å²) in [5, 5.41) is 20.7. The second-order valence-corrected chi connectivity index (χ2v) is 9.61. The molecule has 10 heteroatoms. The minimum Gasteiger partial charge on any atom is -0.419 e. The largest absolute Gasteiger partial charge is 0.419 e. The fraction of sp³-hybridized carbons (Fsp3) is 0.300. The van der Waals surface area contributed by atoms with Crippen molar-refractivity contribution in [1.82, 2.24) is 25.0 Å². The molecule has 0 N–H and O–H groups in total. The molecule has 5 rings (SSSR count). The van der Waals surface area contributed by atoms with Crippen LogP contribution in [0.2, 0.25) is 5.02 Å². The van der Waals surface area contributed by atoms with Crippen LogP contribution in [0, 0.1) is 0 Å². The Morgan fingerprint density at radius 2 is 1.90 bits per heavy atom. The number of halogens is 1. The van der Waals surface area contributed by atoms with Crippen molar-refractivity contribution in [2.45, 2.75) is 30.2 Å². The lowest BCUT2D eigenvalue weighted by atomic mass is 10.3. The van der Waals surface area contributed by atoms with Crippen molar-refractivity contribution in [3.05, 3.63) is 52.7 Å². The SMILES string of the molecule is C[C@H](Sc1nnc(N2CCCC2)n1-c1ccccc1Cl)c1nnc(-c2cccs2)o1. The molecule has 1 aliphatic rings. The number of thiophene rings is 1. The van der Waals surface area contributed by atoms with E-state index >= 15 is 0 Å². The molecule has 1 atom stereocenters. The van der Waals surface area contributed by atoms with Crippen LogP contribution in [-0.4, -0.2) is 38.1 Å². The fourth-order valence-corrected chi connectivity index (χ4v) is 5.16. The van der Waals surface area contributed by atoms with Gasteiger partial charge in [-0.2, -0.15) is 0 Å².